The largest absolute Gasteiger partial charge is 0.472 e. The van der Waals surface area contributed by atoms with Crippen LogP contribution < -0.4 is 11.3 Å². The Morgan fingerprint density at radius 1 is 1.60 bits per heavy atom. The summed E-state index contributed by atoms with van der Waals surface area (Å²) in [5.41, 5.74) is 3.86. The molecule has 0 spiro atoms. The minimum atomic E-state index is 0.106. The average Bonchev–Trinajstić information content (AvgIpc) is 2.85. The minimum Gasteiger partial charge on any atom is -0.472 e. The lowest BCUT2D eigenvalue weighted by Gasteiger charge is -2.12. The highest BCUT2D eigenvalue weighted by molar-refractivity contribution is 9.10. The molecule has 0 aliphatic rings. The maximum atomic E-state index is 5.52. The normalized spacial score (nSPS) is 12.9. The number of nitrogens with two attached hydrogens (primary N) is 1. The number of hydrogen-bond donors (Lipinski definition) is 2. The molecule has 0 aliphatic carbocycles. The topological polar surface area (TPSA) is 51.2 Å². The Hall–Kier alpha value is -0.620. The number of furan rings is 1. The third kappa shape index (κ3) is 2.69. The Balaban J connectivity index is 2.09. The van der Waals surface area contributed by atoms with Crippen LogP contribution in [-0.2, 0) is 6.42 Å². The van der Waals surface area contributed by atoms with Gasteiger partial charge >= 0.3 is 0 Å². The predicted octanol–water partition coefficient (Wildman–Crippen LogP) is 2.85. The summed E-state index contributed by atoms with van der Waals surface area (Å²) in [4.78, 5) is 1.28. The van der Waals surface area contributed by atoms with Crippen LogP contribution in [0.25, 0.3) is 0 Å². The summed E-state index contributed by atoms with van der Waals surface area (Å²) in [6.07, 6.45) is 4.24. The van der Waals surface area contributed by atoms with Crippen LogP contribution in [0.2, 0.25) is 0 Å². The molecule has 0 amide bonds. The third-order valence-electron chi connectivity index (χ3n) is 2.17. The van der Waals surface area contributed by atoms with Gasteiger partial charge in [0.25, 0.3) is 0 Å². The van der Waals surface area contributed by atoms with Crippen molar-refractivity contribution in [3.8, 4) is 0 Å². The van der Waals surface area contributed by atoms with E-state index in [1.807, 2.05) is 6.07 Å². The van der Waals surface area contributed by atoms with Gasteiger partial charge < -0.3 is 4.42 Å². The second-order valence-electron chi connectivity index (χ2n) is 3.21. The van der Waals surface area contributed by atoms with E-state index >= 15 is 0 Å². The number of thiophene rings is 1. The van der Waals surface area contributed by atoms with E-state index in [1.54, 1.807) is 23.9 Å². The molecule has 2 rings (SSSR count). The molecule has 5 heteroatoms. The van der Waals surface area contributed by atoms with E-state index in [0.717, 1.165) is 16.5 Å². The predicted molar refractivity (Wildman–Crippen MR) is 64.5 cm³/mol. The van der Waals surface area contributed by atoms with E-state index in [9.17, 15) is 0 Å². The van der Waals surface area contributed by atoms with Crippen LogP contribution in [0.15, 0.2) is 38.9 Å². The second-order valence-corrected chi connectivity index (χ2v) is 5.12. The van der Waals surface area contributed by atoms with E-state index in [2.05, 4.69) is 32.8 Å². The van der Waals surface area contributed by atoms with Gasteiger partial charge in [0.15, 0.2) is 0 Å². The van der Waals surface area contributed by atoms with Gasteiger partial charge in [-0.2, -0.15) is 0 Å². The van der Waals surface area contributed by atoms with Crippen molar-refractivity contribution in [2.45, 2.75) is 12.5 Å². The van der Waals surface area contributed by atoms with E-state index < -0.39 is 0 Å². The Kier molecular flexibility index (Phi) is 3.58. The molecule has 1 unspecified atom stereocenters. The van der Waals surface area contributed by atoms with Crippen molar-refractivity contribution in [1.29, 1.82) is 0 Å². The van der Waals surface area contributed by atoms with Gasteiger partial charge in [-0.05, 0) is 28.1 Å². The fourth-order valence-corrected chi connectivity index (χ4v) is 2.91. The smallest absolute Gasteiger partial charge is 0.0951 e. The first-order chi connectivity index (χ1) is 7.29. The fraction of sp³-hybridized carbons (Fsp3) is 0.200. The number of hydrazine groups is 1. The molecule has 2 heterocycles. The van der Waals surface area contributed by atoms with Crippen LogP contribution >= 0.6 is 27.3 Å². The number of nitrogens with one attached hydrogen (secondary N) is 1. The molecule has 0 aromatic carbocycles. The monoisotopic (exact) mass is 286 g/mol. The molecule has 2 aromatic heterocycles. The molecule has 0 fully saturated rings. The molecule has 80 valence electrons. The lowest BCUT2D eigenvalue weighted by atomic mass is 10.1. The van der Waals surface area contributed by atoms with Crippen LogP contribution in [0.1, 0.15) is 16.5 Å². The van der Waals surface area contributed by atoms with Crippen molar-refractivity contribution >= 4 is 27.3 Å². The average molecular weight is 287 g/mol. The highest BCUT2D eigenvalue weighted by Crippen LogP contribution is 2.25. The summed E-state index contributed by atoms with van der Waals surface area (Å²) in [6, 6.07) is 4.14. The first-order valence-electron chi connectivity index (χ1n) is 4.50. The highest BCUT2D eigenvalue weighted by atomic mass is 79.9. The van der Waals surface area contributed by atoms with E-state index in [-0.39, 0.29) is 6.04 Å². The number of hydrogen-bond acceptors (Lipinski definition) is 4. The molecule has 2 aromatic rings. The van der Waals surface area contributed by atoms with Gasteiger partial charge in [-0.25, -0.2) is 0 Å². The number of rotatable bonds is 4. The summed E-state index contributed by atoms with van der Waals surface area (Å²) in [7, 11) is 0. The van der Waals surface area contributed by atoms with E-state index in [4.69, 9.17) is 10.3 Å². The molecule has 1 atom stereocenters. The third-order valence-corrected chi connectivity index (χ3v) is 3.89. The summed E-state index contributed by atoms with van der Waals surface area (Å²) in [5, 5.41) is 2.07. The Labute approximate surface area is 100 Å². The number of halogens is 1. The molecule has 3 nitrogen and oxygen atoms in total. The quantitative estimate of drug-likeness (QED) is 0.671. The van der Waals surface area contributed by atoms with Crippen LogP contribution in [0, 0.1) is 0 Å². The summed E-state index contributed by atoms with van der Waals surface area (Å²) < 4.78 is 6.15. The van der Waals surface area contributed by atoms with Gasteiger partial charge in [-0.3, -0.25) is 11.3 Å². The van der Waals surface area contributed by atoms with E-state index in [0.29, 0.717) is 0 Å². The van der Waals surface area contributed by atoms with Crippen LogP contribution in [0.4, 0.5) is 0 Å². The fourth-order valence-electron chi connectivity index (χ4n) is 1.41. The van der Waals surface area contributed by atoms with Crippen molar-refractivity contribution < 1.29 is 4.42 Å². The van der Waals surface area contributed by atoms with Gasteiger partial charge in [-0.1, -0.05) is 0 Å². The van der Waals surface area contributed by atoms with Gasteiger partial charge in [-0.15, -0.1) is 11.3 Å². The maximum absolute atomic E-state index is 5.52. The molecule has 0 saturated heterocycles. The molecule has 3 N–H and O–H groups in total. The SMILES string of the molecule is NNC(Cc1cc(Br)cs1)c1ccoc1. The van der Waals surface area contributed by atoms with Crippen molar-refractivity contribution in [3.63, 3.8) is 0 Å². The van der Waals surface area contributed by atoms with Crippen molar-refractivity contribution in [3.05, 3.63) is 45.0 Å². The zero-order valence-corrected chi connectivity index (χ0v) is 10.3. The molecule has 0 bridgehead atoms. The van der Waals surface area contributed by atoms with E-state index in [1.165, 1.54) is 4.88 Å². The Bertz CT molecular complexity index is 413. The van der Waals surface area contributed by atoms with Crippen molar-refractivity contribution in [2.24, 2.45) is 5.84 Å². The summed E-state index contributed by atoms with van der Waals surface area (Å²) in [6.45, 7) is 0. The van der Waals surface area contributed by atoms with Gasteiger partial charge in [0.05, 0.1) is 18.6 Å². The molecular weight excluding hydrogens is 276 g/mol. The molecule has 15 heavy (non-hydrogen) atoms. The zero-order chi connectivity index (χ0) is 10.7. The minimum absolute atomic E-state index is 0.106. The summed E-state index contributed by atoms with van der Waals surface area (Å²) >= 11 is 5.15. The first kappa shape index (κ1) is 10.9. The molecular formula is C10H11BrN2OS. The van der Waals surface area contributed by atoms with Gasteiger partial charge in [0.1, 0.15) is 0 Å². The lowest BCUT2D eigenvalue weighted by Crippen LogP contribution is -2.29. The lowest BCUT2D eigenvalue weighted by molar-refractivity contribution is 0.527. The second kappa shape index (κ2) is 4.94. The van der Waals surface area contributed by atoms with Crippen molar-refractivity contribution in [2.75, 3.05) is 0 Å². The van der Waals surface area contributed by atoms with Crippen LogP contribution in [0.5, 0.6) is 0 Å². The zero-order valence-electron chi connectivity index (χ0n) is 7.94. The van der Waals surface area contributed by atoms with Crippen molar-refractivity contribution in [1.82, 2.24) is 5.43 Å². The van der Waals surface area contributed by atoms with Crippen LogP contribution in [0.3, 0.4) is 0 Å². The highest BCUT2D eigenvalue weighted by Gasteiger charge is 2.12. The van der Waals surface area contributed by atoms with Gasteiger partial charge in [0.2, 0.25) is 0 Å². The summed E-state index contributed by atoms with van der Waals surface area (Å²) in [5.74, 6) is 5.52. The standard InChI is InChI=1S/C10H11BrN2OS/c11-8-3-9(15-6-8)4-10(13-12)7-1-2-14-5-7/h1-3,5-6,10,13H,4,12H2. The molecule has 0 saturated carbocycles. The van der Waals surface area contributed by atoms with Crippen LogP contribution in [-0.4, -0.2) is 0 Å². The maximum Gasteiger partial charge on any atom is 0.0951 e. The Morgan fingerprint density at radius 2 is 2.47 bits per heavy atom. The Morgan fingerprint density at radius 3 is 3.00 bits per heavy atom. The first-order valence-corrected chi connectivity index (χ1v) is 6.18. The molecule has 0 radical (unpaired) electrons. The molecule has 0 aliphatic heterocycles. The van der Waals surface area contributed by atoms with Gasteiger partial charge in [0, 0.05) is 26.7 Å².